The molecule has 0 bridgehead atoms. The molecule has 2 unspecified atom stereocenters. The number of fused-ring (bicyclic) bond motifs is 1. The maximum atomic E-state index is 5.93. The zero-order chi connectivity index (χ0) is 13.8. The quantitative estimate of drug-likeness (QED) is 0.878. The van der Waals surface area contributed by atoms with E-state index in [1.54, 1.807) is 0 Å². The Hall–Kier alpha value is -1.42. The maximum Gasteiger partial charge on any atom is 0.0700 e. The molecule has 3 rings (SSSR count). The number of nitrogens with one attached hydrogen (secondary N) is 1. The lowest BCUT2D eigenvalue weighted by atomic mass is 10.0. The summed E-state index contributed by atoms with van der Waals surface area (Å²) < 4.78 is 5.65. The Balaban J connectivity index is 1.72. The first-order valence-corrected chi connectivity index (χ1v) is 7.40. The van der Waals surface area contributed by atoms with Crippen LogP contribution in [-0.4, -0.2) is 25.8 Å². The second-order valence-corrected chi connectivity index (χ2v) is 5.44. The third-order valence-corrected chi connectivity index (χ3v) is 4.03. The van der Waals surface area contributed by atoms with E-state index >= 15 is 0 Å². The highest BCUT2D eigenvalue weighted by molar-refractivity contribution is 5.83. The molecule has 3 N–H and O–H groups in total. The molecule has 2 aromatic carbocycles. The van der Waals surface area contributed by atoms with E-state index in [1.165, 1.54) is 22.8 Å². The first-order chi connectivity index (χ1) is 9.86. The van der Waals surface area contributed by atoms with E-state index in [0.29, 0.717) is 12.6 Å². The van der Waals surface area contributed by atoms with Crippen LogP contribution in [0.15, 0.2) is 42.5 Å². The second kappa shape index (κ2) is 6.35. The lowest BCUT2D eigenvalue weighted by Crippen LogP contribution is -2.34. The van der Waals surface area contributed by atoms with Crippen LogP contribution in [0.1, 0.15) is 24.4 Å². The van der Waals surface area contributed by atoms with Crippen molar-refractivity contribution in [3.63, 3.8) is 0 Å². The number of benzene rings is 2. The molecule has 0 saturated carbocycles. The van der Waals surface area contributed by atoms with Crippen molar-refractivity contribution < 1.29 is 4.74 Å². The van der Waals surface area contributed by atoms with Gasteiger partial charge in [0.15, 0.2) is 0 Å². The van der Waals surface area contributed by atoms with Gasteiger partial charge in [0.1, 0.15) is 0 Å². The molecule has 1 aliphatic heterocycles. The Bertz CT molecular complexity index is 564. The Labute approximate surface area is 120 Å². The topological polar surface area (TPSA) is 47.3 Å². The molecular weight excluding hydrogens is 248 g/mol. The van der Waals surface area contributed by atoms with Gasteiger partial charge in [0.05, 0.1) is 6.10 Å². The standard InChI is InChI=1S/C17H22N2O/c18-11-17(19-12-16-6-3-9-20-16)15-8-7-13-4-1-2-5-14(13)10-15/h1-2,4-5,7-8,10,16-17,19H,3,6,9,11-12,18H2. The first kappa shape index (κ1) is 13.6. The molecule has 2 atom stereocenters. The zero-order valence-electron chi connectivity index (χ0n) is 11.7. The van der Waals surface area contributed by atoms with Gasteiger partial charge >= 0.3 is 0 Å². The average Bonchev–Trinajstić information content (AvgIpc) is 3.01. The Morgan fingerprint density at radius 2 is 2.05 bits per heavy atom. The average molecular weight is 270 g/mol. The molecular formula is C17H22N2O. The molecule has 0 aromatic heterocycles. The lowest BCUT2D eigenvalue weighted by molar-refractivity contribution is 0.107. The summed E-state index contributed by atoms with van der Waals surface area (Å²) in [6, 6.07) is 15.2. The summed E-state index contributed by atoms with van der Waals surface area (Å²) in [6.45, 7) is 2.38. The highest BCUT2D eigenvalue weighted by Crippen LogP contribution is 2.20. The Morgan fingerprint density at radius 1 is 1.20 bits per heavy atom. The van der Waals surface area contributed by atoms with Crippen LogP contribution in [0.5, 0.6) is 0 Å². The SMILES string of the molecule is NCC(NCC1CCCO1)c1ccc2ccccc2c1. The number of hydrogen-bond donors (Lipinski definition) is 2. The summed E-state index contributed by atoms with van der Waals surface area (Å²) in [4.78, 5) is 0. The van der Waals surface area contributed by atoms with Crippen LogP contribution in [0.25, 0.3) is 10.8 Å². The van der Waals surface area contributed by atoms with Gasteiger partial charge in [-0.3, -0.25) is 0 Å². The monoisotopic (exact) mass is 270 g/mol. The number of ether oxygens (including phenoxy) is 1. The van der Waals surface area contributed by atoms with Crippen LogP contribution < -0.4 is 11.1 Å². The molecule has 0 amide bonds. The van der Waals surface area contributed by atoms with Crippen LogP contribution in [-0.2, 0) is 4.74 Å². The van der Waals surface area contributed by atoms with Gasteiger partial charge in [-0.2, -0.15) is 0 Å². The third-order valence-electron chi connectivity index (χ3n) is 4.03. The summed E-state index contributed by atoms with van der Waals surface area (Å²) >= 11 is 0. The van der Waals surface area contributed by atoms with Crippen molar-refractivity contribution in [3.05, 3.63) is 48.0 Å². The third kappa shape index (κ3) is 3.01. The highest BCUT2D eigenvalue weighted by atomic mass is 16.5. The molecule has 106 valence electrons. The second-order valence-electron chi connectivity index (χ2n) is 5.44. The molecule has 1 aliphatic rings. The van der Waals surface area contributed by atoms with Crippen LogP contribution in [0.3, 0.4) is 0 Å². The minimum atomic E-state index is 0.198. The lowest BCUT2D eigenvalue weighted by Gasteiger charge is -2.20. The van der Waals surface area contributed by atoms with E-state index in [0.717, 1.165) is 19.6 Å². The number of rotatable bonds is 5. The van der Waals surface area contributed by atoms with Gasteiger partial charge < -0.3 is 15.8 Å². The van der Waals surface area contributed by atoms with E-state index in [-0.39, 0.29) is 6.04 Å². The van der Waals surface area contributed by atoms with Crippen LogP contribution in [0.4, 0.5) is 0 Å². The minimum absolute atomic E-state index is 0.198. The maximum absolute atomic E-state index is 5.93. The molecule has 3 heteroatoms. The summed E-state index contributed by atoms with van der Waals surface area (Å²) in [6.07, 6.45) is 2.68. The molecule has 2 aromatic rings. The van der Waals surface area contributed by atoms with Crippen molar-refractivity contribution in [3.8, 4) is 0 Å². The predicted octanol–water partition coefficient (Wildman–Crippen LogP) is 2.61. The van der Waals surface area contributed by atoms with Crippen LogP contribution in [0.2, 0.25) is 0 Å². The smallest absolute Gasteiger partial charge is 0.0700 e. The first-order valence-electron chi connectivity index (χ1n) is 7.40. The van der Waals surface area contributed by atoms with Crippen molar-refractivity contribution in [1.29, 1.82) is 0 Å². The fourth-order valence-corrected chi connectivity index (χ4v) is 2.84. The summed E-state index contributed by atoms with van der Waals surface area (Å²) in [5.41, 5.74) is 7.18. The fraction of sp³-hybridized carbons (Fsp3) is 0.412. The predicted molar refractivity (Wildman–Crippen MR) is 82.7 cm³/mol. The molecule has 3 nitrogen and oxygen atoms in total. The summed E-state index contributed by atoms with van der Waals surface area (Å²) in [7, 11) is 0. The van der Waals surface area contributed by atoms with Gasteiger partial charge in [0.2, 0.25) is 0 Å². The molecule has 0 radical (unpaired) electrons. The van der Waals surface area contributed by atoms with Crippen molar-refractivity contribution in [1.82, 2.24) is 5.32 Å². The van der Waals surface area contributed by atoms with Crippen molar-refractivity contribution in [2.45, 2.75) is 25.0 Å². The molecule has 20 heavy (non-hydrogen) atoms. The van der Waals surface area contributed by atoms with E-state index in [2.05, 4.69) is 47.8 Å². The van der Waals surface area contributed by atoms with Gasteiger partial charge in [-0.05, 0) is 35.2 Å². The van der Waals surface area contributed by atoms with Gasteiger partial charge in [-0.25, -0.2) is 0 Å². The fourth-order valence-electron chi connectivity index (χ4n) is 2.84. The van der Waals surface area contributed by atoms with Crippen molar-refractivity contribution >= 4 is 10.8 Å². The Morgan fingerprint density at radius 3 is 2.80 bits per heavy atom. The largest absolute Gasteiger partial charge is 0.377 e. The molecule has 1 heterocycles. The minimum Gasteiger partial charge on any atom is -0.377 e. The van der Waals surface area contributed by atoms with Crippen LogP contribution >= 0.6 is 0 Å². The van der Waals surface area contributed by atoms with Crippen molar-refractivity contribution in [2.75, 3.05) is 19.7 Å². The van der Waals surface area contributed by atoms with Crippen molar-refractivity contribution in [2.24, 2.45) is 5.73 Å². The van der Waals surface area contributed by atoms with Gasteiger partial charge in [0, 0.05) is 25.7 Å². The molecule has 1 fully saturated rings. The van der Waals surface area contributed by atoms with E-state index in [9.17, 15) is 0 Å². The number of hydrogen-bond acceptors (Lipinski definition) is 3. The van der Waals surface area contributed by atoms with E-state index in [1.807, 2.05) is 0 Å². The Kier molecular flexibility index (Phi) is 4.31. The van der Waals surface area contributed by atoms with Gasteiger partial charge in [-0.1, -0.05) is 36.4 Å². The summed E-state index contributed by atoms with van der Waals surface area (Å²) in [5, 5.41) is 6.08. The van der Waals surface area contributed by atoms with Gasteiger partial charge in [0.25, 0.3) is 0 Å². The van der Waals surface area contributed by atoms with E-state index < -0.39 is 0 Å². The number of nitrogens with two attached hydrogens (primary N) is 1. The normalized spacial score (nSPS) is 20.4. The van der Waals surface area contributed by atoms with Crippen LogP contribution in [0, 0.1) is 0 Å². The van der Waals surface area contributed by atoms with Gasteiger partial charge in [-0.15, -0.1) is 0 Å². The zero-order valence-corrected chi connectivity index (χ0v) is 11.7. The molecule has 0 aliphatic carbocycles. The molecule has 0 spiro atoms. The van der Waals surface area contributed by atoms with E-state index in [4.69, 9.17) is 10.5 Å². The molecule has 1 saturated heterocycles. The summed E-state index contributed by atoms with van der Waals surface area (Å²) in [5.74, 6) is 0. The highest BCUT2D eigenvalue weighted by Gasteiger charge is 2.17.